The van der Waals surface area contributed by atoms with Crippen molar-refractivity contribution in [3.63, 3.8) is 0 Å². The van der Waals surface area contributed by atoms with E-state index in [9.17, 15) is 0 Å². The maximum atomic E-state index is 4.44. The molecule has 76 valence electrons. The van der Waals surface area contributed by atoms with Crippen molar-refractivity contribution >= 4 is 11.9 Å². The van der Waals surface area contributed by atoms with Crippen molar-refractivity contribution in [2.45, 2.75) is 12.6 Å². The molecule has 1 atom stereocenters. The van der Waals surface area contributed by atoms with Crippen LogP contribution >= 0.6 is 0 Å². The zero-order valence-electron chi connectivity index (χ0n) is 8.45. The quantitative estimate of drug-likeness (QED) is 0.689. The summed E-state index contributed by atoms with van der Waals surface area (Å²) in [6, 6.07) is 10.4. The number of benzene rings is 1. The molecule has 0 radical (unpaired) electrons. The van der Waals surface area contributed by atoms with Gasteiger partial charge in [-0.05, 0) is 18.2 Å². The van der Waals surface area contributed by atoms with Crippen LogP contribution in [0.5, 0.6) is 0 Å². The summed E-state index contributed by atoms with van der Waals surface area (Å²) in [4.78, 5) is 4.44. The number of hydrazine groups is 1. The van der Waals surface area contributed by atoms with Crippen LogP contribution in [-0.2, 0) is 0 Å². The Morgan fingerprint density at radius 1 is 1.20 bits per heavy atom. The molecule has 0 bridgehead atoms. The highest BCUT2D eigenvalue weighted by molar-refractivity contribution is 5.72. The van der Waals surface area contributed by atoms with Gasteiger partial charge in [0.2, 0.25) is 0 Å². The fourth-order valence-corrected chi connectivity index (χ4v) is 2.11. The third kappa shape index (κ3) is 1.40. The average molecular weight is 199 g/mol. The van der Waals surface area contributed by atoms with E-state index in [0.717, 1.165) is 13.0 Å². The fraction of sp³-hybridized carbons (Fsp3) is 0.250. The minimum absolute atomic E-state index is 0.301. The van der Waals surface area contributed by atoms with Crippen LogP contribution in [0.3, 0.4) is 0 Å². The molecule has 1 fully saturated rings. The van der Waals surface area contributed by atoms with Gasteiger partial charge < -0.3 is 0 Å². The van der Waals surface area contributed by atoms with Crippen LogP contribution < -0.4 is 5.01 Å². The molecule has 3 rings (SSSR count). The lowest BCUT2D eigenvalue weighted by molar-refractivity contribution is 0.331. The molecular weight excluding hydrogens is 186 g/mol. The third-order valence-electron chi connectivity index (χ3n) is 2.82. The number of allylic oxidation sites excluding steroid dienone is 1. The predicted molar refractivity (Wildman–Crippen MR) is 61.7 cm³/mol. The molecule has 1 aromatic carbocycles. The summed E-state index contributed by atoms with van der Waals surface area (Å²) >= 11 is 0. The number of fused-ring (bicyclic) bond motifs is 1. The van der Waals surface area contributed by atoms with Gasteiger partial charge in [-0.3, -0.25) is 15.0 Å². The van der Waals surface area contributed by atoms with Gasteiger partial charge in [-0.2, -0.15) is 0 Å². The van der Waals surface area contributed by atoms with Gasteiger partial charge in [-0.25, -0.2) is 0 Å². The van der Waals surface area contributed by atoms with Gasteiger partial charge >= 0.3 is 0 Å². The Kier molecular flexibility index (Phi) is 1.95. The molecular formula is C12H13N3. The van der Waals surface area contributed by atoms with Gasteiger partial charge in [0.05, 0.1) is 5.69 Å². The van der Waals surface area contributed by atoms with E-state index in [2.05, 4.69) is 45.5 Å². The van der Waals surface area contributed by atoms with Gasteiger partial charge in [0.25, 0.3) is 0 Å². The number of anilines is 1. The van der Waals surface area contributed by atoms with Crippen molar-refractivity contribution in [1.82, 2.24) is 5.01 Å². The maximum Gasteiger partial charge on any atom is 0.141 e. The summed E-state index contributed by atoms with van der Waals surface area (Å²) in [7, 11) is 0. The van der Waals surface area contributed by atoms with E-state index in [1.165, 1.54) is 5.69 Å². The first kappa shape index (κ1) is 8.53. The first-order valence-corrected chi connectivity index (χ1v) is 5.26. The molecule has 0 spiro atoms. The minimum Gasteiger partial charge on any atom is -0.284 e. The van der Waals surface area contributed by atoms with Crippen molar-refractivity contribution in [2.75, 3.05) is 11.6 Å². The molecule has 2 heterocycles. The number of aliphatic imine (C=N–C) groups is 1. The van der Waals surface area contributed by atoms with E-state index in [1.54, 1.807) is 0 Å². The number of nitrogens with zero attached hydrogens (tertiary/aromatic N) is 3. The molecule has 0 amide bonds. The van der Waals surface area contributed by atoms with Crippen molar-refractivity contribution in [1.29, 1.82) is 0 Å². The van der Waals surface area contributed by atoms with Gasteiger partial charge in [0.1, 0.15) is 6.17 Å². The molecule has 15 heavy (non-hydrogen) atoms. The lowest BCUT2D eigenvalue weighted by Crippen LogP contribution is -2.37. The Morgan fingerprint density at radius 3 is 2.93 bits per heavy atom. The first-order valence-electron chi connectivity index (χ1n) is 5.26. The summed E-state index contributed by atoms with van der Waals surface area (Å²) in [5.74, 6) is 0. The van der Waals surface area contributed by atoms with E-state index in [-0.39, 0.29) is 0 Å². The molecule has 3 heteroatoms. The van der Waals surface area contributed by atoms with Crippen LogP contribution in [0.2, 0.25) is 0 Å². The second-order valence-corrected chi connectivity index (χ2v) is 3.75. The van der Waals surface area contributed by atoms with E-state index < -0.39 is 0 Å². The molecule has 3 nitrogen and oxygen atoms in total. The zero-order valence-corrected chi connectivity index (χ0v) is 8.45. The largest absolute Gasteiger partial charge is 0.284 e. The van der Waals surface area contributed by atoms with Gasteiger partial charge in [-0.15, -0.1) is 0 Å². The Labute approximate surface area is 89.3 Å². The van der Waals surface area contributed by atoms with E-state index in [1.807, 2.05) is 18.4 Å². The molecule has 2 aliphatic rings. The van der Waals surface area contributed by atoms with E-state index >= 15 is 0 Å². The zero-order chi connectivity index (χ0) is 10.1. The maximum absolute atomic E-state index is 4.44. The molecule has 0 saturated carbocycles. The summed E-state index contributed by atoms with van der Waals surface area (Å²) in [6.07, 6.45) is 7.36. The number of para-hydroxylation sites is 1. The highest BCUT2D eigenvalue weighted by Gasteiger charge is 2.29. The monoisotopic (exact) mass is 199 g/mol. The summed E-state index contributed by atoms with van der Waals surface area (Å²) < 4.78 is 0. The summed E-state index contributed by atoms with van der Waals surface area (Å²) in [5.41, 5.74) is 1.24. The SMILES string of the molecule is C1=CN2C(CCN2c2ccccc2)N=C1. The minimum atomic E-state index is 0.301. The third-order valence-corrected chi connectivity index (χ3v) is 2.82. The number of rotatable bonds is 1. The number of hydrogen-bond donors (Lipinski definition) is 0. The Balaban J connectivity index is 1.90. The van der Waals surface area contributed by atoms with Gasteiger partial charge in [0.15, 0.2) is 0 Å². The predicted octanol–water partition coefficient (Wildman–Crippen LogP) is 2.04. The second-order valence-electron chi connectivity index (χ2n) is 3.75. The van der Waals surface area contributed by atoms with Crippen LogP contribution in [0.15, 0.2) is 47.6 Å². The van der Waals surface area contributed by atoms with Crippen LogP contribution in [-0.4, -0.2) is 23.9 Å². The normalized spacial score (nSPS) is 23.3. The van der Waals surface area contributed by atoms with Crippen molar-refractivity contribution in [3.05, 3.63) is 42.6 Å². The molecule has 1 aromatic rings. The highest BCUT2D eigenvalue weighted by Crippen LogP contribution is 2.27. The Morgan fingerprint density at radius 2 is 2.07 bits per heavy atom. The fourth-order valence-electron chi connectivity index (χ4n) is 2.11. The smallest absolute Gasteiger partial charge is 0.141 e. The second kappa shape index (κ2) is 3.42. The van der Waals surface area contributed by atoms with Crippen LogP contribution in [0.4, 0.5) is 5.69 Å². The Bertz CT molecular complexity index is 397. The Hall–Kier alpha value is -1.77. The molecule has 2 aliphatic heterocycles. The van der Waals surface area contributed by atoms with E-state index in [4.69, 9.17) is 0 Å². The average Bonchev–Trinajstić information content (AvgIpc) is 2.74. The summed E-state index contributed by atoms with van der Waals surface area (Å²) in [5, 5.41) is 4.48. The summed E-state index contributed by atoms with van der Waals surface area (Å²) in [6.45, 7) is 1.04. The topological polar surface area (TPSA) is 18.8 Å². The molecule has 1 unspecified atom stereocenters. The van der Waals surface area contributed by atoms with Gasteiger partial charge in [0, 0.05) is 25.4 Å². The molecule has 0 N–H and O–H groups in total. The van der Waals surface area contributed by atoms with Crippen LogP contribution in [0.1, 0.15) is 6.42 Å². The van der Waals surface area contributed by atoms with Crippen molar-refractivity contribution < 1.29 is 0 Å². The van der Waals surface area contributed by atoms with Crippen LogP contribution in [0, 0.1) is 0 Å². The molecule has 1 saturated heterocycles. The van der Waals surface area contributed by atoms with Crippen LogP contribution in [0.25, 0.3) is 0 Å². The standard InChI is InChI=1S/C12H13N3/c1-2-5-11(6-3-1)14-10-7-12-13-8-4-9-15(12)14/h1-6,8-9,12H,7,10H2. The first-order chi connectivity index (χ1) is 7.45. The molecule has 0 aromatic heterocycles. The highest BCUT2D eigenvalue weighted by atomic mass is 15.7. The molecule has 0 aliphatic carbocycles. The number of hydrogen-bond acceptors (Lipinski definition) is 3. The lowest BCUT2D eigenvalue weighted by atomic mass is 10.3. The lowest BCUT2D eigenvalue weighted by Gasteiger charge is -2.32. The van der Waals surface area contributed by atoms with Crippen molar-refractivity contribution in [2.24, 2.45) is 4.99 Å². The van der Waals surface area contributed by atoms with E-state index in [0.29, 0.717) is 6.17 Å². The van der Waals surface area contributed by atoms with Gasteiger partial charge in [-0.1, -0.05) is 18.2 Å². The van der Waals surface area contributed by atoms with Crippen molar-refractivity contribution in [3.8, 4) is 0 Å².